The number of piperidine rings is 1. The van der Waals surface area contributed by atoms with Gasteiger partial charge in [0.05, 0.1) is 5.69 Å². The van der Waals surface area contributed by atoms with Gasteiger partial charge in [-0.2, -0.15) is 0 Å². The van der Waals surface area contributed by atoms with Crippen LogP contribution in [-0.4, -0.2) is 23.1 Å². The number of aromatic nitrogens is 2. The van der Waals surface area contributed by atoms with Gasteiger partial charge < -0.3 is 5.32 Å². The lowest BCUT2D eigenvalue weighted by Crippen LogP contribution is -2.27. The van der Waals surface area contributed by atoms with Gasteiger partial charge in [0.1, 0.15) is 5.82 Å². The quantitative estimate of drug-likeness (QED) is 0.907. The van der Waals surface area contributed by atoms with Crippen molar-refractivity contribution in [2.45, 2.75) is 32.6 Å². The summed E-state index contributed by atoms with van der Waals surface area (Å²) in [6, 6.07) is 8.54. The van der Waals surface area contributed by atoms with Crippen LogP contribution in [0.5, 0.6) is 0 Å². The zero-order chi connectivity index (χ0) is 13.9. The number of nitrogens with one attached hydrogen (secondary N) is 1. The summed E-state index contributed by atoms with van der Waals surface area (Å²) in [5.74, 6) is 1.51. The number of benzene rings is 1. The van der Waals surface area contributed by atoms with Crippen LogP contribution in [0.25, 0.3) is 11.3 Å². The summed E-state index contributed by atoms with van der Waals surface area (Å²) in [5.41, 5.74) is 4.82. The highest BCUT2D eigenvalue weighted by atomic mass is 14.9. The average molecular weight is 267 g/mol. The Bertz CT molecular complexity index is 601. The van der Waals surface area contributed by atoms with E-state index in [9.17, 15) is 0 Å². The minimum Gasteiger partial charge on any atom is -0.317 e. The second-order valence-electron chi connectivity index (χ2n) is 5.64. The zero-order valence-electron chi connectivity index (χ0n) is 12.2. The van der Waals surface area contributed by atoms with Gasteiger partial charge in [-0.1, -0.05) is 17.7 Å². The van der Waals surface area contributed by atoms with E-state index in [0.29, 0.717) is 5.92 Å². The van der Waals surface area contributed by atoms with E-state index in [4.69, 9.17) is 4.98 Å². The predicted octanol–water partition coefficient (Wildman–Crippen LogP) is 3.23. The number of aryl methyl sites for hydroxylation is 2. The van der Waals surface area contributed by atoms with Crippen molar-refractivity contribution in [2.75, 3.05) is 13.1 Å². The molecule has 0 unspecified atom stereocenters. The molecule has 1 aliphatic heterocycles. The number of rotatable bonds is 2. The largest absolute Gasteiger partial charge is 0.317 e. The van der Waals surface area contributed by atoms with Crippen LogP contribution in [0, 0.1) is 13.8 Å². The van der Waals surface area contributed by atoms with Gasteiger partial charge in [0.25, 0.3) is 0 Å². The summed E-state index contributed by atoms with van der Waals surface area (Å²) in [4.78, 5) is 9.33. The fourth-order valence-electron chi connectivity index (χ4n) is 2.81. The standard InChI is InChI=1S/C17H21N3/c1-12-3-4-13(2)15(11-12)16-7-10-19-17(20-16)14-5-8-18-9-6-14/h3-4,7,10-11,14,18H,5-6,8-9H2,1-2H3. The lowest BCUT2D eigenvalue weighted by molar-refractivity contribution is 0.445. The highest BCUT2D eigenvalue weighted by molar-refractivity contribution is 5.64. The summed E-state index contributed by atoms with van der Waals surface area (Å²) >= 11 is 0. The maximum absolute atomic E-state index is 4.83. The zero-order valence-corrected chi connectivity index (χ0v) is 12.2. The predicted molar refractivity (Wildman–Crippen MR) is 81.8 cm³/mol. The lowest BCUT2D eigenvalue weighted by atomic mass is 9.96. The van der Waals surface area contributed by atoms with Gasteiger partial charge >= 0.3 is 0 Å². The maximum atomic E-state index is 4.83. The molecule has 1 saturated heterocycles. The highest BCUT2D eigenvalue weighted by Gasteiger charge is 2.18. The van der Waals surface area contributed by atoms with E-state index in [1.165, 1.54) is 16.7 Å². The number of hydrogen-bond acceptors (Lipinski definition) is 3. The average Bonchev–Trinajstić information content (AvgIpc) is 2.51. The van der Waals surface area contributed by atoms with Crippen molar-refractivity contribution in [3.8, 4) is 11.3 Å². The third-order valence-corrected chi connectivity index (χ3v) is 4.05. The Morgan fingerprint density at radius 2 is 1.90 bits per heavy atom. The molecule has 0 spiro atoms. The van der Waals surface area contributed by atoms with Gasteiger partial charge in [-0.3, -0.25) is 0 Å². The molecule has 0 saturated carbocycles. The fraction of sp³-hybridized carbons (Fsp3) is 0.412. The number of hydrogen-bond donors (Lipinski definition) is 1. The van der Waals surface area contributed by atoms with Crippen molar-refractivity contribution in [3.05, 3.63) is 47.4 Å². The molecular formula is C17H21N3. The van der Waals surface area contributed by atoms with Crippen molar-refractivity contribution in [2.24, 2.45) is 0 Å². The minimum atomic E-state index is 0.501. The van der Waals surface area contributed by atoms with Crippen LogP contribution in [-0.2, 0) is 0 Å². The molecule has 3 rings (SSSR count). The molecule has 1 aromatic carbocycles. The van der Waals surface area contributed by atoms with E-state index >= 15 is 0 Å². The molecule has 2 heterocycles. The van der Waals surface area contributed by atoms with Crippen LogP contribution < -0.4 is 5.32 Å². The van der Waals surface area contributed by atoms with Crippen LogP contribution in [0.3, 0.4) is 0 Å². The first-order valence-corrected chi connectivity index (χ1v) is 7.35. The van der Waals surface area contributed by atoms with Crippen LogP contribution in [0.1, 0.15) is 35.7 Å². The molecule has 3 nitrogen and oxygen atoms in total. The molecule has 3 heteroatoms. The summed E-state index contributed by atoms with van der Waals surface area (Å²) in [6.45, 7) is 6.41. The van der Waals surface area contributed by atoms with E-state index in [2.05, 4.69) is 42.3 Å². The summed E-state index contributed by atoms with van der Waals surface area (Å²) in [5, 5.41) is 3.39. The van der Waals surface area contributed by atoms with Crippen molar-refractivity contribution >= 4 is 0 Å². The van der Waals surface area contributed by atoms with Crippen LogP contribution in [0.4, 0.5) is 0 Å². The van der Waals surface area contributed by atoms with Gasteiger partial charge in [-0.05, 0) is 57.5 Å². The van der Waals surface area contributed by atoms with Gasteiger partial charge in [0, 0.05) is 17.7 Å². The highest BCUT2D eigenvalue weighted by Crippen LogP contribution is 2.26. The Morgan fingerprint density at radius 3 is 2.70 bits per heavy atom. The Morgan fingerprint density at radius 1 is 1.10 bits per heavy atom. The monoisotopic (exact) mass is 267 g/mol. The Balaban J connectivity index is 1.96. The van der Waals surface area contributed by atoms with Crippen LogP contribution in [0.15, 0.2) is 30.5 Å². The van der Waals surface area contributed by atoms with Crippen molar-refractivity contribution < 1.29 is 0 Å². The summed E-state index contributed by atoms with van der Waals surface area (Å²) < 4.78 is 0. The summed E-state index contributed by atoms with van der Waals surface area (Å²) in [7, 11) is 0. The van der Waals surface area contributed by atoms with Crippen molar-refractivity contribution in [1.82, 2.24) is 15.3 Å². The summed E-state index contributed by atoms with van der Waals surface area (Å²) in [6.07, 6.45) is 4.17. The third kappa shape index (κ3) is 2.73. The third-order valence-electron chi connectivity index (χ3n) is 4.05. The van der Waals surface area contributed by atoms with Gasteiger partial charge in [-0.15, -0.1) is 0 Å². The fourth-order valence-corrected chi connectivity index (χ4v) is 2.81. The molecular weight excluding hydrogens is 246 g/mol. The van der Waals surface area contributed by atoms with E-state index in [1.807, 2.05) is 12.3 Å². The molecule has 2 aromatic rings. The molecule has 1 aromatic heterocycles. The second-order valence-corrected chi connectivity index (χ2v) is 5.64. The van der Waals surface area contributed by atoms with Crippen molar-refractivity contribution in [1.29, 1.82) is 0 Å². The molecule has 0 atom stereocenters. The second kappa shape index (κ2) is 5.71. The molecule has 0 bridgehead atoms. The maximum Gasteiger partial charge on any atom is 0.132 e. The first-order chi connectivity index (χ1) is 9.74. The van der Waals surface area contributed by atoms with Gasteiger partial charge in [-0.25, -0.2) is 9.97 Å². The van der Waals surface area contributed by atoms with Crippen LogP contribution in [0.2, 0.25) is 0 Å². The van der Waals surface area contributed by atoms with E-state index in [0.717, 1.165) is 37.4 Å². The normalized spacial score (nSPS) is 16.3. The molecule has 0 amide bonds. The van der Waals surface area contributed by atoms with Gasteiger partial charge in [0.2, 0.25) is 0 Å². The number of nitrogens with zero attached hydrogens (tertiary/aromatic N) is 2. The smallest absolute Gasteiger partial charge is 0.132 e. The molecule has 0 aliphatic carbocycles. The Hall–Kier alpha value is -1.74. The topological polar surface area (TPSA) is 37.8 Å². The lowest BCUT2D eigenvalue weighted by Gasteiger charge is -2.21. The Kier molecular flexibility index (Phi) is 3.79. The van der Waals surface area contributed by atoms with E-state index < -0.39 is 0 Å². The first-order valence-electron chi connectivity index (χ1n) is 7.35. The molecule has 1 N–H and O–H groups in total. The van der Waals surface area contributed by atoms with E-state index in [-0.39, 0.29) is 0 Å². The molecule has 0 radical (unpaired) electrons. The van der Waals surface area contributed by atoms with Crippen molar-refractivity contribution in [3.63, 3.8) is 0 Å². The van der Waals surface area contributed by atoms with Gasteiger partial charge in [0.15, 0.2) is 0 Å². The molecule has 20 heavy (non-hydrogen) atoms. The SMILES string of the molecule is Cc1ccc(C)c(-c2ccnc(C3CCNCC3)n2)c1. The van der Waals surface area contributed by atoms with Crippen LogP contribution >= 0.6 is 0 Å². The Labute approximate surface area is 120 Å². The van der Waals surface area contributed by atoms with E-state index in [1.54, 1.807) is 0 Å². The molecule has 104 valence electrons. The molecule has 1 fully saturated rings. The first kappa shape index (κ1) is 13.3. The minimum absolute atomic E-state index is 0.501. The molecule has 1 aliphatic rings.